The number of carbonyl (C=O) groups is 1. The van der Waals surface area contributed by atoms with Gasteiger partial charge in [-0.2, -0.15) is 0 Å². The van der Waals surface area contributed by atoms with Crippen molar-refractivity contribution in [3.8, 4) is 0 Å². The normalized spacial score (nSPS) is 11.4. The number of thiazole rings is 1. The number of methoxy groups -OCH3 is 1. The molecular weight excluding hydrogens is 332 g/mol. The summed E-state index contributed by atoms with van der Waals surface area (Å²) in [6.45, 7) is 5.30. The van der Waals surface area contributed by atoms with Crippen LogP contribution in [0.2, 0.25) is 0 Å². The molecule has 6 nitrogen and oxygen atoms in total. The zero-order chi connectivity index (χ0) is 15.8. The van der Waals surface area contributed by atoms with Gasteiger partial charge in [0.25, 0.3) is 10.0 Å². The SMILES string of the molecule is COC(=O)c1scc(C)c1S(=O)(=O)Nc1nc(C)c(C)s1. The van der Waals surface area contributed by atoms with Crippen LogP contribution >= 0.6 is 22.7 Å². The van der Waals surface area contributed by atoms with Gasteiger partial charge in [-0.05, 0) is 31.7 Å². The maximum atomic E-state index is 12.5. The fourth-order valence-electron chi connectivity index (χ4n) is 1.68. The smallest absolute Gasteiger partial charge is 0.349 e. The molecule has 0 aliphatic rings. The van der Waals surface area contributed by atoms with E-state index in [1.165, 1.54) is 18.4 Å². The second kappa shape index (κ2) is 5.74. The van der Waals surface area contributed by atoms with Gasteiger partial charge in [0.1, 0.15) is 9.77 Å². The summed E-state index contributed by atoms with van der Waals surface area (Å²) >= 11 is 2.29. The second-order valence-electron chi connectivity index (χ2n) is 4.33. The van der Waals surface area contributed by atoms with E-state index in [4.69, 9.17) is 0 Å². The minimum Gasteiger partial charge on any atom is -0.465 e. The van der Waals surface area contributed by atoms with E-state index in [2.05, 4.69) is 14.4 Å². The van der Waals surface area contributed by atoms with Crippen molar-refractivity contribution in [1.29, 1.82) is 0 Å². The zero-order valence-corrected chi connectivity index (χ0v) is 14.3. The molecule has 21 heavy (non-hydrogen) atoms. The fourth-order valence-corrected chi connectivity index (χ4v) is 5.44. The van der Waals surface area contributed by atoms with Crippen molar-refractivity contribution >= 4 is 43.8 Å². The van der Waals surface area contributed by atoms with E-state index < -0.39 is 16.0 Å². The molecule has 0 spiro atoms. The van der Waals surface area contributed by atoms with Crippen molar-refractivity contribution in [3.63, 3.8) is 0 Å². The van der Waals surface area contributed by atoms with Crippen LogP contribution in [0.25, 0.3) is 0 Å². The summed E-state index contributed by atoms with van der Waals surface area (Å²) in [6.07, 6.45) is 0. The third kappa shape index (κ3) is 3.09. The third-order valence-corrected chi connectivity index (χ3v) is 6.66. The summed E-state index contributed by atoms with van der Waals surface area (Å²) in [7, 11) is -2.67. The fraction of sp³-hybridized carbons (Fsp3) is 0.333. The number of carbonyl (C=O) groups excluding carboxylic acids is 1. The standard InChI is InChI=1S/C12H14N2O4S3/c1-6-5-19-9(11(15)18-4)10(6)21(16,17)14-12-13-7(2)8(3)20-12/h5H,1-4H3,(H,13,14). The van der Waals surface area contributed by atoms with Gasteiger partial charge in [0.05, 0.1) is 12.8 Å². The number of ether oxygens (including phenoxy) is 1. The topological polar surface area (TPSA) is 85.4 Å². The van der Waals surface area contributed by atoms with E-state index >= 15 is 0 Å². The number of hydrogen-bond donors (Lipinski definition) is 1. The van der Waals surface area contributed by atoms with Crippen molar-refractivity contribution in [3.05, 3.63) is 26.4 Å². The van der Waals surface area contributed by atoms with Gasteiger partial charge in [-0.3, -0.25) is 4.72 Å². The first-order valence-corrected chi connectivity index (χ1v) is 9.07. The molecule has 0 unspecified atom stereocenters. The van der Waals surface area contributed by atoms with Gasteiger partial charge in [0.15, 0.2) is 5.13 Å². The van der Waals surface area contributed by atoms with Crippen molar-refractivity contribution in [2.45, 2.75) is 25.7 Å². The van der Waals surface area contributed by atoms with Crippen LogP contribution in [-0.2, 0) is 14.8 Å². The Kier molecular flexibility index (Phi) is 4.35. The van der Waals surface area contributed by atoms with Crippen molar-refractivity contribution in [2.75, 3.05) is 11.8 Å². The number of anilines is 1. The van der Waals surface area contributed by atoms with Gasteiger partial charge in [-0.15, -0.1) is 22.7 Å². The van der Waals surface area contributed by atoms with Crippen LogP contribution in [0.1, 0.15) is 25.8 Å². The molecule has 114 valence electrons. The number of sulfonamides is 1. The Morgan fingerprint density at radius 2 is 2.00 bits per heavy atom. The Labute approximate surface area is 130 Å². The highest BCUT2D eigenvalue weighted by atomic mass is 32.2. The van der Waals surface area contributed by atoms with Gasteiger partial charge >= 0.3 is 5.97 Å². The number of nitrogens with one attached hydrogen (secondary N) is 1. The van der Waals surface area contributed by atoms with Crippen LogP contribution < -0.4 is 4.72 Å². The maximum absolute atomic E-state index is 12.5. The highest BCUT2D eigenvalue weighted by molar-refractivity contribution is 7.93. The number of hydrogen-bond acceptors (Lipinski definition) is 7. The Hall–Kier alpha value is -1.45. The monoisotopic (exact) mass is 346 g/mol. The lowest BCUT2D eigenvalue weighted by Crippen LogP contribution is -2.16. The molecular formula is C12H14N2O4S3. The molecule has 0 atom stereocenters. The van der Waals surface area contributed by atoms with E-state index in [1.54, 1.807) is 19.2 Å². The highest BCUT2D eigenvalue weighted by Gasteiger charge is 2.28. The molecule has 9 heteroatoms. The molecule has 0 fully saturated rings. The minimum absolute atomic E-state index is 0.0511. The largest absolute Gasteiger partial charge is 0.465 e. The summed E-state index contributed by atoms with van der Waals surface area (Å²) < 4.78 is 32.0. The summed E-state index contributed by atoms with van der Waals surface area (Å²) in [5.41, 5.74) is 1.27. The Bertz CT molecular complexity index is 770. The van der Waals surface area contributed by atoms with E-state index in [-0.39, 0.29) is 14.9 Å². The van der Waals surface area contributed by atoms with Crippen LogP contribution in [0.15, 0.2) is 10.3 Å². The van der Waals surface area contributed by atoms with E-state index in [9.17, 15) is 13.2 Å². The average molecular weight is 346 g/mol. The van der Waals surface area contributed by atoms with Crippen LogP contribution in [-0.4, -0.2) is 26.5 Å². The number of thiophene rings is 1. The van der Waals surface area contributed by atoms with E-state index in [0.29, 0.717) is 5.56 Å². The van der Waals surface area contributed by atoms with Gasteiger partial charge < -0.3 is 4.74 Å². The van der Waals surface area contributed by atoms with Gasteiger partial charge in [0.2, 0.25) is 0 Å². The molecule has 0 aliphatic heterocycles. The van der Waals surface area contributed by atoms with Crippen molar-refractivity contribution < 1.29 is 17.9 Å². The Balaban J connectivity index is 2.45. The summed E-state index contributed by atoms with van der Waals surface area (Å²) in [5, 5.41) is 1.89. The second-order valence-corrected chi connectivity index (χ2v) is 8.04. The Morgan fingerprint density at radius 3 is 2.52 bits per heavy atom. The number of aromatic nitrogens is 1. The first kappa shape index (κ1) is 15.9. The molecule has 0 aliphatic carbocycles. The van der Waals surface area contributed by atoms with Crippen LogP contribution in [0.4, 0.5) is 5.13 Å². The minimum atomic E-state index is -3.88. The first-order valence-electron chi connectivity index (χ1n) is 5.89. The Morgan fingerprint density at radius 1 is 1.33 bits per heavy atom. The van der Waals surface area contributed by atoms with Gasteiger partial charge in [0, 0.05) is 4.88 Å². The van der Waals surface area contributed by atoms with Crippen LogP contribution in [0, 0.1) is 20.8 Å². The van der Waals surface area contributed by atoms with Crippen LogP contribution in [0.3, 0.4) is 0 Å². The molecule has 0 saturated heterocycles. The molecule has 0 saturated carbocycles. The summed E-state index contributed by atoms with van der Waals surface area (Å²) in [4.78, 5) is 16.8. The zero-order valence-electron chi connectivity index (χ0n) is 11.9. The van der Waals surface area contributed by atoms with Crippen molar-refractivity contribution in [2.24, 2.45) is 0 Å². The predicted octanol–water partition coefficient (Wildman–Crippen LogP) is 2.72. The van der Waals surface area contributed by atoms with Gasteiger partial charge in [-0.1, -0.05) is 0 Å². The number of nitrogens with zero attached hydrogens (tertiary/aromatic N) is 1. The van der Waals surface area contributed by atoms with E-state index in [1.807, 2.05) is 6.92 Å². The van der Waals surface area contributed by atoms with Crippen molar-refractivity contribution in [1.82, 2.24) is 4.98 Å². The molecule has 0 aromatic carbocycles. The first-order chi connectivity index (χ1) is 9.76. The average Bonchev–Trinajstić information content (AvgIpc) is 2.92. The lowest BCUT2D eigenvalue weighted by molar-refractivity contribution is 0.0602. The molecule has 0 bridgehead atoms. The molecule has 2 aromatic rings. The third-order valence-electron chi connectivity index (χ3n) is 2.81. The summed E-state index contributed by atoms with van der Waals surface area (Å²) in [5.74, 6) is -0.667. The highest BCUT2D eigenvalue weighted by Crippen LogP contribution is 2.30. The molecule has 2 rings (SSSR count). The predicted molar refractivity (Wildman–Crippen MR) is 82.8 cm³/mol. The molecule has 2 heterocycles. The number of esters is 1. The number of aryl methyl sites for hydroxylation is 3. The lowest BCUT2D eigenvalue weighted by Gasteiger charge is -2.07. The number of rotatable bonds is 4. The molecule has 2 aromatic heterocycles. The van der Waals surface area contributed by atoms with E-state index in [0.717, 1.165) is 21.9 Å². The lowest BCUT2D eigenvalue weighted by atomic mass is 10.3. The molecule has 0 radical (unpaired) electrons. The maximum Gasteiger partial charge on any atom is 0.349 e. The quantitative estimate of drug-likeness (QED) is 0.860. The van der Waals surface area contributed by atoms with Gasteiger partial charge in [-0.25, -0.2) is 18.2 Å². The molecule has 0 amide bonds. The van der Waals surface area contributed by atoms with Crippen LogP contribution in [0.5, 0.6) is 0 Å². The summed E-state index contributed by atoms with van der Waals surface area (Å²) in [6, 6.07) is 0. The molecule has 1 N–H and O–H groups in total.